The van der Waals surface area contributed by atoms with Crippen molar-refractivity contribution in [3.63, 3.8) is 0 Å². The summed E-state index contributed by atoms with van der Waals surface area (Å²) >= 11 is 0. The van der Waals surface area contributed by atoms with Crippen LogP contribution in [0.2, 0.25) is 0 Å². The van der Waals surface area contributed by atoms with Gasteiger partial charge in [0.15, 0.2) is 0 Å². The van der Waals surface area contributed by atoms with Crippen molar-refractivity contribution in [2.24, 2.45) is 23.0 Å². The third-order valence-corrected chi connectivity index (χ3v) is 5.31. The van der Waals surface area contributed by atoms with E-state index in [1.165, 1.54) is 25.7 Å². The van der Waals surface area contributed by atoms with Gasteiger partial charge in [0.25, 0.3) is 0 Å². The van der Waals surface area contributed by atoms with Crippen LogP contribution in [0.4, 0.5) is 0 Å². The lowest BCUT2D eigenvalue weighted by molar-refractivity contribution is -0.128. The van der Waals surface area contributed by atoms with Gasteiger partial charge in [-0.2, -0.15) is 0 Å². The van der Waals surface area contributed by atoms with Gasteiger partial charge in [-0.3, -0.25) is 4.79 Å². The van der Waals surface area contributed by atoms with E-state index in [-0.39, 0.29) is 17.2 Å². The first-order valence-corrected chi connectivity index (χ1v) is 8.03. The maximum Gasteiger partial charge on any atom is 0.223 e. The van der Waals surface area contributed by atoms with Crippen molar-refractivity contribution in [3.05, 3.63) is 0 Å². The minimum Gasteiger partial charge on any atom is -0.353 e. The second-order valence-corrected chi connectivity index (χ2v) is 7.26. The summed E-state index contributed by atoms with van der Waals surface area (Å²) in [5.41, 5.74) is 6.02. The van der Waals surface area contributed by atoms with Crippen LogP contribution in [0.25, 0.3) is 0 Å². The van der Waals surface area contributed by atoms with E-state index in [2.05, 4.69) is 19.2 Å². The number of nitrogens with one attached hydrogen (secondary N) is 1. The number of hydrogen-bond acceptors (Lipinski definition) is 2. The van der Waals surface area contributed by atoms with Crippen molar-refractivity contribution in [2.45, 2.75) is 71.3 Å². The zero-order valence-electron chi connectivity index (χ0n) is 12.6. The van der Waals surface area contributed by atoms with Gasteiger partial charge in [-0.05, 0) is 50.0 Å². The van der Waals surface area contributed by atoms with Gasteiger partial charge in [-0.15, -0.1) is 0 Å². The Balaban J connectivity index is 1.89. The van der Waals surface area contributed by atoms with Crippen LogP contribution in [0.1, 0.15) is 65.2 Å². The smallest absolute Gasteiger partial charge is 0.223 e. The molecule has 3 unspecified atom stereocenters. The Labute approximate surface area is 117 Å². The van der Waals surface area contributed by atoms with Gasteiger partial charge in [-0.1, -0.05) is 33.1 Å². The van der Waals surface area contributed by atoms with Gasteiger partial charge >= 0.3 is 0 Å². The molecule has 2 fully saturated rings. The molecule has 2 saturated carbocycles. The summed E-state index contributed by atoms with van der Waals surface area (Å²) < 4.78 is 0. The lowest BCUT2D eigenvalue weighted by Gasteiger charge is -2.40. The van der Waals surface area contributed by atoms with Crippen molar-refractivity contribution in [1.29, 1.82) is 0 Å². The molecule has 0 spiro atoms. The van der Waals surface area contributed by atoms with Gasteiger partial charge in [0.05, 0.1) is 0 Å². The Morgan fingerprint density at radius 2 is 2.00 bits per heavy atom. The summed E-state index contributed by atoms with van der Waals surface area (Å²) in [6.07, 6.45) is 9.34. The molecule has 0 bridgehead atoms. The topological polar surface area (TPSA) is 55.1 Å². The number of hydrogen-bond donors (Lipinski definition) is 2. The fourth-order valence-electron chi connectivity index (χ4n) is 3.79. The molecule has 2 aliphatic carbocycles. The Morgan fingerprint density at radius 3 is 2.68 bits per heavy atom. The number of carbonyl (C=O) groups is 1. The van der Waals surface area contributed by atoms with Crippen LogP contribution in [-0.4, -0.2) is 18.5 Å². The van der Waals surface area contributed by atoms with Crippen LogP contribution in [0.5, 0.6) is 0 Å². The average molecular weight is 266 g/mol. The molecule has 3 N–H and O–H groups in total. The van der Waals surface area contributed by atoms with Crippen LogP contribution in [0.15, 0.2) is 0 Å². The molecule has 1 amide bonds. The van der Waals surface area contributed by atoms with Crippen molar-refractivity contribution in [3.8, 4) is 0 Å². The molecule has 2 rings (SSSR count). The van der Waals surface area contributed by atoms with E-state index < -0.39 is 0 Å². The highest BCUT2D eigenvalue weighted by Gasteiger charge is 2.35. The number of nitrogens with two attached hydrogens (primary N) is 1. The Bertz CT molecular complexity index is 314. The fraction of sp³-hybridized carbons (Fsp3) is 0.938. The highest BCUT2D eigenvalue weighted by Crippen LogP contribution is 2.36. The molecule has 110 valence electrons. The molecule has 3 heteroatoms. The van der Waals surface area contributed by atoms with Gasteiger partial charge in [0.1, 0.15) is 0 Å². The van der Waals surface area contributed by atoms with Crippen molar-refractivity contribution >= 4 is 5.91 Å². The van der Waals surface area contributed by atoms with Crippen molar-refractivity contribution < 1.29 is 4.79 Å². The maximum absolute atomic E-state index is 12.5. The van der Waals surface area contributed by atoms with Crippen LogP contribution < -0.4 is 11.1 Å². The zero-order valence-corrected chi connectivity index (χ0v) is 12.6. The molecule has 0 aromatic rings. The van der Waals surface area contributed by atoms with E-state index in [4.69, 9.17) is 5.73 Å². The number of rotatable bonds is 3. The summed E-state index contributed by atoms with van der Waals surface area (Å²) in [7, 11) is 0. The minimum atomic E-state index is 0.208. The summed E-state index contributed by atoms with van der Waals surface area (Å²) in [5, 5.41) is 3.34. The third kappa shape index (κ3) is 3.71. The lowest BCUT2D eigenvalue weighted by Crippen LogP contribution is -2.49. The van der Waals surface area contributed by atoms with Crippen LogP contribution in [0, 0.1) is 17.3 Å². The molecule has 0 aromatic heterocycles. The van der Waals surface area contributed by atoms with Gasteiger partial charge in [0.2, 0.25) is 5.91 Å². The summed E-state index contributed by atoms with van der Waals surface area (Å²) in [4.78, 5) is 12.5. The molecule has 0 aromatic carbocycles. The Kier molecular flexibility index (Phi) is 4.88. The molecule has 0 radical (unpaired) electrons. The van der Waals surface area contributed by atoms with Gasteiger partial charge in [-0.25, -0.2) is 0 Å². The molecule has 0 aliphatic heterocycles. The van der Waals surface area contributed by atoms with Gasteiger partial charge < -0.3 is 11.1 Å². The lowest BCUT2D eigenvalue weighted by atomic mass is 9.73. The van der Waals surface area contributed by atoms with Crippen LogP contribution in [-0.2, 0) is 4.79 Å². The number of carbonyl (C=O) groups excluding carboxylic acids is 1. The fourth-order valence-corrected chi connectivity index (χ4v) is 3.79. The molecular formula is C16H30N2O. The Morgan fingerprint density at radius 1 is 1.21 bits per heavy atom. The molecule has 0 saturated heterocycles. The zero-order chi connectivity index (χ0) is 13.9. The predicted molar refractivity (Wildman–Crippen MR) is 78.7 cm³/mol. The largest absolute Gasteiger partial charge is 0.353 e. The molecule has 0 heterocycles. The third-order valence-electron chi connectivity index (χ3n) is 5.31. The molecule has 3 atom stereocenters. The van der Waals surface area contributed by atoms with E-state index in [1.807, 2.05) is 0 Å². The summed E-state index contributed by atoms with van der Waals surface area (Å²) in [5.74, 6) is 1.06. The highest BCUT2D eigenvalue weighted by molar-refractivity contribution is 5.79. The second kappa shape index (κ2) is 6.25. The number of amides is 1. The quantitative estimate of drug-likeness (QED) is 0.825. The predicted octanol–water partition coefficient (Wildman–Crippen LogP) is 2.84. The van der Waals surface area contributed by atoms with E-state index in [9.17, 15) is 4.79 Å². The van der Waals surface area contributed by atoms with Crippen molar-refractivity contribution in [1.82, 2.24) is 5.32 Å². The van der Waals surface area contributed by atoms with Crippen LogP contribution >= 0.6 is 0 Å². The van der Waals surface area contributed by atoms with Gasteiger partial charge in [0, 0.05) is 12.0 Å². The average Bonchev–Trinajstić information content (AvgIpc) is 2.41. The van der Waals surface area contributed by atoms with Crippen LogP contribution in [0.3, 0.4) is 0 Å². The van der Waals surface area contributed by atoms with E-state index >= 15 is 0 Å². The summed E-state index contributed by atoms with van der Waals surface area (Å²) in [6, 6.07) is 0.368. The van der Waals surface area contributed by atoms with Crippen molar-refractivity contribution in [2.75, 3.05) is 6.54 Å². The SMILES string of the molecule is CC1(C)CCCCC1NC(=O)C1CCCC(CN)C1. The Hall–Kier alpha value is -0.570. The van der Waals surface area contributed by atoms with E-state index in [1.54, 1.807) is 0 Å². The molecule has 3 nitrogen and oxygen atoms in total. The second-order valence-electron chi connectivity index (χ2n) is 7.26. The monoisotopic (exact) mass is 266 g/mol. The summed E-state index contributed by atoms with van der Waals surface area (Å²) in [6.45, 7) is 5.32. The van der Waals surface area contributed by atoms with E-state index in [0.29, 0.717) is 12.0 Å². The first-order chi connectivity index (χ1) is 9.03. The molecule has 19 heavy (non-hydrogen) atoms. The normalized spacial score (nSPS) is 34.8. The minimum absolute atomic E-state index is 0.208. The standard InChI is InChI=1S/C16H30N2O/c1-16(2)9-4-3-8-14(16)18-15(19)13-7-5-6-12(10-13)11-17/h12-14H,3-11,17H2,1-2H3,(H,18,19). The maximum atomic E-state index is 12.5. The first-order valence-electron chi connectivity index (χ1n) is 8.03. The molecule has 2 aliphatic rings. The highest BCUT2D eigenvalue weighted by atomic mass is 16.1. The van der Waals surface area contributed by atoms with E-state index in [0.717, 1.165) is 32.2 Å². The molecular weight excluding hydrogens is 236 g/mol. The first kappa shape index (κ1) is 14.8.